The van der Waals surface area contributed by atoms with Crippen molar-refractivity contribution in [3.63, 3.8) is 0 Å². The van der Waals surface area contributed by atoms with Crippen molar-refractivity contribution in [2.75, 3.05) is 26.7 Å². The van der Waals surface area contributed by atoms with Crippen LogP contribution in [0.1, 0.15) is 19.7 Å². The predicted octanol–water partition coefficient (Wildman–Crippen LogP) is -5.38. The molecule has 0 atom stereocenters. The molecule has 0 aliphatic heterocycles. The Labute approximate surface area is 127 Å². The zero-order chi connectivity index (χ0) is 12.9. The van der Waals surface area contributed by atoms with Gasteiger partial charge in [-0.3, -0.25) is 0 Å². The highest BCUT2D eigenvalue weighted by Gasteiger charge is 2.20. The quantitative estimate of drug-likeness (QED) is 0.184. The van der Waals surface area contributed by atoms with E-state index in [0.29, 0.717) is 0 Å². The first kappa shape index (κ1) is 20.5. The standard InChI is InChI=1S/C12H23N4O.2ClH/c1-5-16(4,6-2)10-9-15-8-7-14(3)12(15)11-13-17;;/h7-8,11H,5-6,9-10H2,1-4H3;2*1H/q+1;;/p-1. The van der Waals surface area contributed by atoms with Gasteiger partial charge in [0.05, 0.1) is 27.2 Å². The van der Waals surface area contributed by atoms with Crippen LogP contribution in [-0.2, 0) is 13.6 Å². The molecule has 7 heteroatoms. The Morgan fingerprint density at radius 3 is 2.42 bits per heavy atom. The second kappa shape index (κ2) is 9.18. The molecule has 112 valence electrons. The molecule has 0 amide bonds. The van der Waals surface area contributed by atoms with Crippen molar-refractivity contribution in [3.05, 3.63) is 18.2 Å². The van der Waals surface area contributed by atoms with Crippen LogP contribution >= 0.6 is 0 Å². The Morgan fingerprint density at radius 2 is 1.95 bits per heavy atom. The van der Waals surface area contributed by atoms with Gasteiger partial charge in [-0.1, -0.05) is 5.16 Å². The number of rotatable bonds is 6. The molecule has 0 aliphatic carbocycles. The van der Waals surface area contributed by atoms with Crippen LogP contribution in [0.15, 0.2) is 17.5 Å². The van der Waals surface area contributed by atoms with Gasteiger partial charge in [-0.25, -0.2) is 9.13 Å². The molecular weight excluding hydrogens is 287 g/mol. The highest BCUT2D eigenvalue weighted by atomic mass is 35.5. The zero-order valence-corrected chi connectivity index (χ0v) is 13.6. The first-order chi connectivity index (χ1) is 8.06. The third-order valence-corrected chi connectivity index (χ3v) is 3.71. The first-order valence-corrected chi connectivity index (χ1v) is 6.12. The minimum absolute atomic E-state index is 0. The normalized spacial score (nSPS) is 11.2. The number of quaternary nitrogens is 1. The summed E-state index contributed by atoms with van der Waals surface area (Å²) in [6.07, 6.45) is 5.47. The summed E-state index contributed by atoms with van der Waals surface area (Å²) in [4.78, 5) is 0. The average molecular weight is 311 g/mol. The lowest BCUT2D eigenvalue weighted by molar-refractivity contribution is -0.906. The second-order valence-corrected chi connectivity index (χ2v) is 4.68. The van der Waals surface area contributed by atoms with Crippen molar-refractivity contribution >= 4 is 6.21 Å². The Kier molecular flexibility index (Phi) is 9.92. The molecule has 0 spiro atoms. The maximum atomic E-state index is 8.65. The number of hydrogen-bond donors (Lipinski definition) is 1. The van der Waals surface area contributed by atoms with E-state index in [-0.39, 0.29) is 24.8 Å². The Morgan fingerprint density at radius 1 is 1.37 bits per heavy atom. The van der Waals surface area contributed by atoms with Crippen LogP contribution in [0.3, 0.4) is 0 Å². The van der Waals surface area contributed by atoms with Gasteiger partial charge in [0.15, 0.2) is 6.21 Å². The van der Waals surface area contributed by atoms with Crippen molar-refractivity contribution in [3.8, 4) is 0 Å². The highest BCUT2D eigenvalue weighted by Crippen LogP contribution is 2.03. The predicted molar refractivity (Wildman–Crippen MR) is 67.1 cm³/mol. The van der Waals surface area contributed by atoms with Gasteiger partial charge in [0.25, 0.3) is 0 Å². The van der Waals surface area contributed by atoms with E-state index in [1.165, 1.54) is 6.21 Å². The van der Waals surface area contributed by atoms with E-state index in [1.54, 1.807) is 0 Å². The van der Waals surface area contributed by atoms with E-state index < -0.39 is 0 Å². The molecule has 0 saturated carbocycles. The van der Waals surface area contributed by atoms with Crippen LogP contribution in [0.25, 0.3) is 0 Å². The number of imidazole rings is 1. The van der Waals surface area contributed by atoms with Gasteiger partial charge in [-0.15, -0.1) is 0 Å². The fourth-order valence-corrected chi connectivity index (χ4v) is 1.83. The van der Waals surface area contributed by atoms with Crippen LogP contribution in [0.4, 0.5) is 0 Å². The lowest BCUT2D eigenvalue weighted by atomic mass is 10.4. The molecule has 0 radical (unpaired) electrons. The lowest BCUT2D eigenvalue weighted by Gasteiger charge is -2.31. The van der Waals surface area contributed by atoms with E-state index in [4.69, 9.17) is 5.21 Å². The molecule has 0 saturated heterocycles. The Hall–Kier alpha value is -0.780. The molecule has 0 unspecified atom stereocenters. The van der Waals surface area contributed by atoms with Crippen LogP contribution in [0.2, 0.25) is 0 Å². The minimum atomic E-state index is 0. The molecule has 0 aliphatic rings. The van der Waals surface area contributed by atoms with Crippen molar-refractivity contribution in [1.29, 1.82) is 0 Å². The number of nitrogens with zero attached hydrogens (tertiary/aromatic N) is 4. The van der Waals surface area contributed by atoms with Gasteiger partial charge in [0.2, 0.25) is 0 Å². The largest absolute Gasteiger partial charge is 1.00 e. The molecule has 0 bridgehead atoms. The van der Waals surface area contributed by atoms with Gasteiger partial charge in [-0.2, -0.15) is 0 Å². The summed E-state index contributed by atoms with van der Waals surface area (Å²) in [7, 11) is 4.21. The van der Waals surface area contributed by atoms with Crippen LogP contribution in [0, 0.1) is 0 Å². The van der Waals surface area contributed by atoms with E-state index in [0.717, 1.165) is 36.5 Å². The van der Waals surface area contributed by atoms with Gasteiger partial charge in [-0.05, 0) is 13.8 Å². The molecule has 5 nitrogen and oxygen atoms in total. The van der Waals surface area contributed by atoms with Gasteiger partial charge < -0.3 is 34.5 Å². The maximum absolute atomic E-state index is 8.65. The zero-order valence-electron chi connectivity index (χ0n) is 12.1. The average Bonchev–Trinajstić information content (AvgIpc) is 2.69. The summed E-state index contributed by atoms with van der Waals surface area (Å²) in [6, 6.07) is 0. The third kappa shape index (κ3) is 5.38. The minimum Gasteiger partial charge on any atom is -1.00 e. The Bertz CT molecular complexity index is 389. The molecule has 1 N–H and O–H groups in total. The summed E-state index contributed by atoms with van der Waals surface area (Å²) in [5.41, 5.74) is 0. The van der Waals surface area contributed by atoms with Crippen molar-refractivity contribution in [2.45, 2.75) is 20.4 Å². The van der Waals surface area contributed by atoms with Crippen LogP contribution < -0.4 is 29.4 Å². The van der Waals surface area contributed by atoms with E-state index in [9.17, 15) is 0 Å². The number of halogens is 2. The van der Waals surface area contributed by atoms with Crippen LogP contribution in [-0.4, -0.2) is 47.2 Å². The molecule has 1 aromatic heterocycles. The smallest absolute Gasteiger partial charge is 0.303 e. The fraction of sp³-hybridized carbons (Fsp3) is 0.667. The van der Waals surface area contributed by atoms with Crippen LogP contribution in [0.5, 0.6) is 0 Å². The van der Waals surface area contributed by atoms with E-state index in [1.807, 2.05) is 24.0 Å². The third-order valence-electron chi connectivity index (χ3n) is 3.71. The summed E-state index contributed by atoms with van der Waals surface area (Å²) in [5, 5.41) is 11.8. The van der Waals surface area contributed by atoms with Gasteiger partial charge >= 0.3 is 5.82 Å². The fourth-order valence-electron chi connectivity index (χ4n) is 1.83. The highest BCUT2D eigenvalue weighted by molar-refractivity contribution is 5.72. The molecule has 1 heterocycles. The topological polar surface area (TPSA) is 41.4 Å². The van der Waals surface area contributed by atoms with Crippen molar-refractivity contribution < 1.29 is 39.1 Å². The van der Waals surface area contributed by atoms with Gasteiger partial charge in [0, 0.05) is 0 Å². The van der Waals surface area contributed by atoms with E-state index in [2.05, 4.69) is 30.6 Å². The first-order valence-electron chi connectivity index (χ1n) is 6.12. The number of likely N-dealkylation sites (N-methyl/N-ethyl adjacent to an activating group) is 1. The number of aryl methyl sites for hydroxylation is 1. The SMILES string of the molecule is CC[N+](C)(CC)CCn1cc[n+](C)c1/C=N/O.[Cl-].[Cl-]. The molecule has 1 rings (SSSR count). The van der Waals surface area contributed by atoms with Crippen molar-refractivity contribution in [1.82, 2.24) is 4.57 Å². The Balaban J connectivity index is 0. The molecule has 0 aromatic carbocycles. The monoisotopic (exact) mass is 310 g/mol. The molecule has 0 fully saturated rings. The number of oxime groups is 1. The lowest BCUT2D eigenvalue weighted by Crippen LogP contribution is -3.00. The summed E-state index contributed by atoms with van der Waals surface area (Å²) in [6.45, 7) is 8.71. The number of aromatic nitrogens is 2. The molecular formula is C12H24Cl2N4O. The van der Waals surface area contributed by atoms with Gasteiger partial charge in [0.1, 0.15) is 25.5 Å². The molecule has 19 heavy (non-hydrogen) atoms. The summed E-state index contributed by atoms with van der Waals surface area (Å²) in [5.74, 6) is 0.909. The second-order valence-electron chi connectivity index (χ2n) is 4.68. The summed E-state index contributed by atoms with van der Waals surface area (Å²) < 4.78 is 5.11. The summed E-state index contributed by atoms with van der Waals surface area (Å²) >= 11 is 0. The van der Waals surface area contributed by atoms with E-state index >= 15 is 0 Å². The number of hydrogen-bond acceptors (Lipinski definition) is 2. The maximum Gasteiger partial charge on any atom is 0.303 e. The molecule has 1 aromatic rings. The van der Waals surface area contributed by atoms with Crippen molar-refractivity contribution in [2.24, 2.45) is 12.2 Å².